The highest BCUT2D eigenvalue weighted by Crippen LogP contribution is 2.14. The Balaban J connectivity index is 2.16. The van der Waals surface area contributed by atoms with Gasteiger partial charge in [0, 0.05) is 17.7 Å². The first-order valence-corrected chi connectivity index (χ1v) is 6.18. The first-order chi connectivity index (χ1) is 9.56. The average molecular weight is 269 g/mol. The van der Waals surface area contributed by atoms with Gasteiger partial charge >= 0.3 is 0 Å². The summed E-state index contributed by atoms with van der Waals surface area (Å²) in [5.74, 6) is 0. The molecule has 2 aromatic carbocycles. The van der Waals surface area contributed by atoms with Gasteiger partial charge in [0.1, 0.15) is 0 Å². The van der Waals surface area contributed by atoms with Gasteiger partial charge in [-0.05, 0) is 26.0 Å². The van der Waals surface area contributed by atoms with Crippen molar-refractivity contribution < 1.29 is 4.92 Å². The van der Waals surface area contributed by atoms with E-state index in [1.54, 1.807) is 19.1 Å². The van der Waals surface area contributed by atoms with Gasteiger partial charge in [0.2, 0.25) is 0 Å². The van der Waals surface area contributed by atoms with E-state index in [1.807, 2.05) is 31.2 Å². The molecule has 0 saturated heterocycles. The fourth-order valence-electron chi connectivity index (χ4n) is 1.69. The lowest BCUT2D eigenvalue weighted by atomic mass is 10.1. The molecule has 2 aromatic rings. The molecule has 0 atom stereocenters. The Morgan fingerprint density at radius 2 is 1.90 bits per heavy atom. The molecule has 0 radical (unpaired) electrons. The molecule has 0 aliphatic carbocycles. The molecule has 0 bridgehead atoms. The Labute approximate surface area is 117 Å². The molecule has 102 valence electrons. The second-order valence-corrected chi connectivity index (χ2v) is 4.48. The molecule has 0 aromatic heterocycles. The molecule has 0 heterocycles. The monoisotopic (exact) mass is 269 g/mol. The number of anilines is 1. The van der Waals surface area contributed by atoms with E-state index in [-0.39, 0.29) is 5.69 Å². The van der Waals surface area contributed by atoms with E-state index in [1.165, 1.54) is 17.7 Å². The van der Waals surface area contributed by atoms with Crippen LogP contribution in [0, 0.1) is 17.0 Å². The highest BCUT2D eigenvalue weighted by molar-refractivity contribution is 5.99. The number of nitro benzene ring substituents is 1. The van der Waals surface area contributed by atoms with E-state index in [9.17, 15) is 10.1 Å². The summed E-state index contributed by atoms with van der Waals surface area (Å²) in [5.41, 5.74) is 6.46. The van der Waals surface area contributed by atoms with Gasteiger partial charge in [-0.25, -0.2) is 0 Å². The minimum atomic E-state index is -0.413. The SMILES string of the molecule is C/C(=N/Nc1ccc(C)cc1)c1cccc([N+](=O)[O-])c1. The zero-order chi connectivity index (χ0) is 14.5. The predicted octanol–water partition coefficient (Wildman–Crippen LogP) is 3.74. The molecule has 0 saturated carbocycles. The van der Waals surface area contributed by atoms with E-state index in [2.05, 4.69) is 10.5 Å². The van der Waals surface area contributed by atoms with Crippen LogP contribution in [-0.2, 0) is 0 Å². The van der Waals surface area contributed by atoms with Crippen LogP contribution >= 0.6 is 0 Å². The zero-order valence-electron chi connectivity index (χ0n) is 11.3. The Kier molecular flexibility index (Phi) is 4.10. The van der Waals surface area contributed by atoms with Crippen molar-refractivity contribution in [2.45, 2.75) is 13.8 Å². The van der Waals surface area contributed by atoms with Crippen LogP contribution < -0.4 is 5.43 Å². The molecule has 2 rings (SSSR count). The number of hydrogen-bond donors (Lipinski definition) is 1. The molecular weight excluding hydrogens is 254 g/mol. The number of rotatable bonds is 4. The van der Waals surface area contributed by atoms with Crippen molar-refractivity contribution >= 4 is 17.1 Å². The number of benzene rings is 2. The predicted molar refractivity (Wildman–Crippen MR) is 80.1 cm³/mol. The zero-order valence-corrected chi connectivity index (χ0v) is 11.3. The van der Waals surface area contributed by atoms with Crippen LogP contribution in [0.1, 0.15) is 18.1 Å². The van der Waals surface area contributed by atoms with Crippen LogP contribution in [0.4, 0.5) is 11.4 Å². The first-order valence-electron chi connectivity index (χ1n) is 6.18. The van der Waals surface area contributed by atoms with E-state index >= 15 is 0 Å². The smallest absolute Gasteiger partial charge is 0.270 e. The summed E-state index contributed by atoms with van der Waals surface area (Å²) in [7, 11) is 0. The maximum absolute atomic E-state index is 10.7. The van der Waals surface area contributed by atoms with Crippen LogP contribution in [0.25, 0.3) is 0 Å². The Hall–Kier alpha value is -2.69. The number of nitrogens with one attached hydrogen (secondary N) is 1. The molecule has 0 aliphatic rings. The van der Waals surface area contributed by atoms with Gasteiger partial charge in [0.25, 0.3) is 5.69 Å². The lowest BCUT2D eigenvalue weighted by molar-refractivity contribution is -0.384. The average Bonchev–Trinajstić information content (AvgIpc) is 2.46. The lowest BCUT2D eigenvalue weighted by Crippen LogP contribution is -2.00. The van der Waals surface area contributed by atoms with Crippen molar-refractivity contribution in [2.75, 3.05) is 5.43 Å². The standard InChI is InChI=1S/C15H15N3O2/c1-11-6-8-14(9-7-11)17-16-12(2)13-4-3-5-15(10-13)18(19)20/h3-10,17H,1-2H3/b16-12-. The number of non-ortho nitro benzene ring substituents is 1. The molecule has 0 aliphatic heterocycles. The second-order valence-electron chi connectivity index (χ2n) is 4.48. The molecule has 5 heteroatoms. The quantitative estimate of drug-likeness (QED) is 0.522. The lowest BCUT2D eigenvalue weighted by Gasteiger charge is -2.04. The highest BCUT2D eigenvalue weighted by atomic mass is 16.6. The fourth-order valence-corrected chi connectivity index (χ4v) is 1.69. The van der Waals surface area contributed by atoms with E-state index in [0.717, 1.165) is 11.3 Å². The van der Waals surface area contributed by atoms with Crippen molar-refractivity contribution in [3.63, 3.8) is 0 Å². The molecule has 5 nitrogen and oxygen atoms in total. The van der Waals surface area contributed by atoms with Crippen molar-refractivity contribution in [2.24, 2.45) is 5.10 Å². The molecule has 0 amide bonds. The van der Waals surface area contributed by atoms with Gasteiger partial charge in [0.15, 0.2) is 0 Å². The van der Waals surface area contributed by atoms with Crippen LogP contribution in [-0.4, -0.2) is 10.6 Å². The second kappa shape index (κ2) is 5.97. The third-order valence-electron chi connectivity index (χ3n) is 2.88. The molecule has 1 N–H and O–H groups in total. The van der Waals surface area contributed by atoms with Crippen molar-refractivity contribution in [1.82, 2.24) is 0 Å². The maximum atomic E-state index is 10.7. The van der Waals surface area contributed by atoms with Gasteiger partial charge in [-0.2, -0.15) is 5.10 Å². The number of nitro groups is 1. The minimum absolute atomic E-state index is 0.0624. The van der Waals surface area contributed by atoms with Gasteiger partial charge in [-0.15, -0.1) is 0 Å². The molecule has 20 heavy (non-hydrogen) atoms. The summed E-state index contributed by atoms with van der Waals surface area (Å²) in [5, 5.41) is 15.0. The molecule has 0 spiro atoms. The summed E-state index contributed by atoms with van der Waals surface area (Å²) in [6, 6.07) is 14.3. The minimum Gasteiger partial charge on any atom is -0.278 e. The van der Waals surface area contributed by atoms with Gasteiger partial charge in [-0.1, -0.05) is 29.8 Å². The van der Waals surface area contributed by atoms with Crippen molar-refractivity contribution in [3.8, 4) is 0 Å². The van der Waals surface area contributed by atoms with E-state index in [4.69, 9.17) is 0 Å². The largest absolute Gasteiger partial charge is 0.278 e. The Bertz CT molecular complexity index is 648. The molecule has 0 fully saturated rings. The summed E-state index contributed by atoms with van der Waals surface area (Å²) >= 11 is 0. The van der Waals surface area contributed by atoms with Crippen molar-refractivity contribution in [3.05, 3.63) is 69.8 Å². The molecule has 0 unspecified atom stereocenters. The highest BCUT2D eigenvalue weighted by Gasteiger charge is 2.07. The van der Waals surface area contributed by atoms with E-state index < -0.39 is 4.92 Å². The Morgan fingerprint density at radius 3 is 2.55 bits per heavy atom. The third-order valence-corrected chi connectivity index (χ3v) is 2.88. The number of aryl methyl sites for hydroxylation is 1. The van der Waals surface area contributed by atoms with Crippen LogP contribution in [0.2, 0.25) is 0 Å². The van der Waals surface area contributed by atoms with Gasteiger partial charge in [0.05, 0.1) is 16.3 Å². The number of hydrogen-bond acceptors (Lipinski definition) is 4. The van der Waals surface area contributed by atoms with E-state index in [0.29, 0.717) is 5.71 Å². The topological polar surface area (TPSA) is 67.5 Å². The first kappa shape index (κ1) is 13.7. The number of nitrogens with zero attached hydrogens (tertiary/aromatic N) is 2. The van der Waals surface area contributed by atoms with Crippen LogP contribution in [0.5, 0.6) is 0 Å². The Morgan fingerprint density at radius 1 is 1.20 bits per heavy atom. The van der Waals surface area contributed by atoms with Crippen molar-refractivity contribution in [1.29, 1.82) is 0 Å². The molecular formula is C15H15N3O2. The summed E-state index contributed by atoms with van der Waals surface area (Å²) in [6.07, 6.45) is 0. The number of hydrazone groups is 1. The van der Waals surface area contributed by atoms with Gasteiger partial charge in [-0.3, -0.25) is 15.5 Å². The van der Waals surface area contributed by atoms with Crippen LogP contribution in [0.3, 0.4) is 0 Å². The normalized spacial score (nSPS) is 11.2. The van der Waals surface area contributed by atoms with Crippen LogP contribution in [0.15, 0.2) is 53.6 Å². The van der Waals surface area contributed by atoms with Gasteiger partial charge < -0.3 is 0 Å². The fraction of sp³-hybridized carbons (Fsp3) is 0.133. The summed E-state index contributed by atoms with van der Waals surface area (Å²) < 4.78 is 0. The summed E-state index contributed by atoms with van der Waals surface area (Å²) in [4.78, 5) is 10.3. The third kappa shape index (κ3) is 3.41. The maximum Gasteiger partial charge on any atom is 0.270 e. The summed E-state index contributed by atoms with van der Waals surface area (Å²) in [6.45, 7) is 3.82.